The molecule has 3 rings (SSSR count). The lowest BCUT2D eigenvalue weighted by Crippen LogP contribution is -2.32. The second kappa shape index (κ2) is 11.8. The normalized spacial score (nSPS) is 12.2. The van der Waals surface area contributed by atoms with E-state index in [0.717, 1.165) is 12.3 Å². The smallest absolute Gasteiger partial charge is 0.268 e. The van der Waals surface area contributed by atoms with E-state index in [9.17, 15) is 31.4 Å². The molecule has 0 radical (unpaired) electrons. The predicted octanol–water partition coefficient (Wildman–Crippen LogP) is 3.71. The fourth-order valence-corrected chi connectivity index (χ4v) is 3.54. The van der Waals surface area contributed by atoms with Gasteiger partial charge in [0.05, 0.1) is 21.9 Å². The number of hydrogen-bond donors (Lipinski definition) is 1. The van der Waals surface area contributed by atoms with E-state index in [1.807, 2.05) is 13.8 Å². The van der Waals surface area contributed by atoms with Crippen molar-refractivity contribution in [3.05, 3.63) is 74.8 Å². The van der Waals surface area contributed by atoms with Gasteiger partial charge in [-0.15, -0.1) is 0 Å². The monoisotopic (exact) mass is 500 g/mol. The summed E-state index contributed by atoms with van der Waals surface area (Å²) >= 11 is 0. The van der Waals surface area contributed by atoms with Crippen molar-refractivity contribution in [1.29, 1.82) is 0 Å². The van der Waals surface area contributed by atoms with Crippen molar-refractivity contribution >= 4 is 10.8 Å². The number of aromatic nitrogens is 4. The van der Waals surface area contributed by atoms with Gasteiger partial charge in [-0.1, -0.05) is 19.9 Å². The minimum atomic E-state index is -4.58. The number of H-pyrrole nitrogens is 1. The Hall–Kier alpha value is -3.15. The van der Waals surface area contributed by atoms with Gasteiger partial charge >= 0.3 is 6.18 Å². The lowest BCUT2D eigenvalue weighted by molar-refractivity contribution is -0.143. The Labute approximate surface area is 195 Å². The van der Waals surface area contributed by atoms with E-state index >= 15 is 0 Å². The maximum absolute atomic E-state index is 14.2. The highest BCUT2D eigenvalue weighted by Gasteiger charge is 2.30. The quantitative estimate of drug-likeness (QED) is 0.521. The van der Waals surface area contributed by atoms with Gasteiger partial charge < -0.3 is 0 Å². The first-order valence-corrected chi connectivity index (χ1v) is 11.7. The van der Waals surface area contributed by atoms with Crippen LogP contribution in [0.3, 0.4) is 0 Å². The summed E-state index contributed by atoms with van der Waals surface area (Å²) in [6.07, 6.45) is 0.257. The van der Waals surface area contributed by atoms with Crippen LogP contribution in [0.4, 0.5) is 17.6 Å². The second-order valence-electron chi connectivity index (χ2n) is 7.76. The molecule has 2 heterocycles. The standard InChI is InChI=1S/C18H20F4N2O2S.C4H4N2O/c1-11(2)4-6-13-14(9-23-24(17(13)25)10-18(20,21)22)12-5-7-16(27(3)26)15(19)8-12;7-4-2-1-3-5-6-4/h5,7-9,11H,4,6,10H2,1-3H3;1-3H,(H,6,7). The van der Waals surface area contributed by atoms with Crippen LogP contribution in [-0.2, 0) is 23.8 Å². The van der Waals surface area contributed by atoms with E-state index in [1.165, 1.54) is 30.7 Å². The largest absolute Gasteiger partial charge is 0.408 e. The van der Waals surface area contributed by atoms with Gasteiger partial charge in [0.1, 0.15) is 12.4 Å². The van der Waals surface area contributed by atoms with Gasteiger partial charge in [-0.05, 0) is 42.5 Å². The van der Waals surface area contributed by atoms with E-state index in [2.05, 4.69) is 15.3 Å². The van der Waals surface area contributed by atoms with Crippen LogP contribution in [0.1, 0.15) is 25.8 Å². The molecule has 0 saturated carbocycles. The molecule has 34 heavy (non-hydrogen) atoms. The summed E-state index contributed by atoms with van der Waals surface area (Å²) in [7, 11) is -1.52. The summed E-state index contributed by atoms with van der Waals surface area (Å²) < 4.78 is 64.1. The first-order chi connectivity index (χ1) is 15.9. The number of halogens is 4. The molecule has 1 N–H and O–H groups in total. The summed E-state index contributed by atoms with van der Waals surface area (Å²) in [5.41, 5.74) is -0.250. The average Bonchev–Trinajstić information content (AvgIpc) is 2.74. The molecule has 0 spiro atoms. The minimum absolute atomic E-state index is 0.0147. The molecule has 0 bridgehead atoms. The number of benzene rings is 1. The Morgan fingerprint density at radius 2 is 1.88 bits per heavy atom. The van der Waals surface area contributed by atoms with E-state index in [4.69, 9.17) is 0 Å². The molecule has 1 atom stereocenters. The zero-order valence-electron chi connectivity index (χ0n) is 18.7. The van der Waals surface area contributed by atoms with Crippen LogP contribution in [-0.4, -0.2) is 36.6 Å². The van der Waals surface area contributed by atoms with Crippen molar-refractivity contribution in [2.75, 3.05) is 6.26 Å². The van der Waals surface area contributed by atoms with Crippen molar-refractivity contribution in [2.24, 2.45) is 5.92 Å². The average molecular weight is 501 g/mol. The molecule has 7 nitrogen and oxygen atoms in total. The Bertz CT molecular complexity index is 1240. The third kappa shape index (κ3) is 8.01. The molecule has 0 aliphatic carbocycles. The summed E-state index contributed by atoms with van der Waals surface area (Å²) in [6.45, 7) is 2.38. The minimum Gasteiger partial charge on any atom is -0.268 e. The third-order valence-corrected chi connectivity index (χ3v) is 5.53. The molecular formula is C22H24F4N4O3S. The van der Waals surface area contributed by atoms with Crippen LogP contribution in [0.25, 0.3) is 11.1 Å². The van der Waals surface area contributed by atoms with Gasteiger partial charge in [-0.3, -0.25) is 13.8 Å². The molecule has 0 aliphatic heterocycles. The third-order valence-electron chi connectivity index (χ3n) is 4.58. The van der Waals surface area contributed by atoms with E-state index in [-0.39, 0.29) is 33.9 Å². The van der Waals surface area contributed by atoms with Crippen molar-refractivity contribution in [2.45, 2.75) is 44.3 Å². The van der Waals surface area contributed by atoms with Gasteiger partial charge in [0, 0.05) is 29.6 Å². The van der Waals surface area contributed by atoms with Gasteiger partial charge in [0.2, 0.25) is 0 Å². The second-order valence-corrected chi connectivity index (χ2v) is 9.11. The van der Waals surface area contributed by atoms with Crippen LogP contribution >= 0.6 is 0 Å². The van der Waals surface area contributed by atoms with Crippen molar-refractivity contribution in [3.8, 4) is 11.1 Å². The molecule has 0 fully saturated rings. The lowest BCUT2D eigenvalue weighted by atomic mass is 9.96. The number of hydrogen-bond acceptors (Lipinski definition) is 5. The summed E-state index contributed by atoms with van der Waals surface area (Å²) in [4.78, 5) is 22.7. The van der Waals surface area contributed by atoms with Gasteiger partial charge in [0.25, 0.3) is 11.1 Å². The number of nitrogens with one attached hydrogen (secondary N) is 1. The molecule has 1 unspecified atom stereocenters. The highest BCUT2D eigenvalue weighted by atomic mass is 32.2. The van der Waals surface area contributed by atoms with Crippen LogP contribution in [0.5, 0.6) is 0 Å². The molecule has 0 saturated heterocycles. The summed E-state index contributed by atoms with van der Waals surface area (Å²) in [5.74, 6) is -0.481. The SMILES string of the molecule is CC(C)CCc1c(-c2ccc(S(C)=O)c(F)c2)cnn(CC(F)(F)F)c1=O.O=c1cccn[nH]1. The number of rotatable bonds is 6. The molecule has 12 heteroatoms. The number of nitrogens with zero attached hydrogens (tertiary/aromatic N) is 3. The predicted molar refractivity (Wildman–Crippen MR) is 120 cm³/mol. The van der Waals surface area contributed by atoms with Crippen LogP contribution in [0, 0.1) is 11.7 Å². The zero-order valence-corrected chi connectivity index (χ0v) is 19.5. The Kier molecular flexibility index (Phi) is 9.42. The molecule has 2 aromatic heterocycles. The topological polar surface area (TPSA) is 97.7 Å². The molecule has 3 aromatic rings. The first kappa shape index (κ1) is 27.1. The highest BCUT2D eigenvalue weighted by Crippen LogP contribution is 2.26. The highest BCUT2D eigenvalue weighted by molar-refractivity contribution is 7.84. The Morgan fingerprint density at radius 3 is 2.35 bits per heavy atom. The number of alkyl halides is 3. The van der Waals surface area contributed by atoms with Crippen molar-refractivity contribution in [1.82, 2.24) is 20.0 Å². The van der Waals surface area contributed by atoms with Crippen LogP contribution < -0.4 is 11.1 Å². The van der Waals surface area contributed by atoms with E-state index in [1.54, 1.807) is 6.07 Å². The zero-order chi connectivity index (χ0) is 25.5. The van der Waals surface area contributed by atoms with Gasteiger partial charge in [-0.2, -0.15) is 23.4 Å². The molecule has 184 valence electrons. The van der Waals surface area contributed by atoms with Crippen LogP contribution in [0.15, 0.2) is 57.2 Å². The van der Waals surface area contributed by atoms with Gasteiger partial charge in [0.15, 0.2) is 0 Å². The van der Waals surface area contributed by atoms with Crippen LogP contribution in [0.2, 0.25) is 0 Å². The van der Waals surface area contributed by atoms with Gasteiger partial charge in [-0.25, -0.2) is 14.2 Å². The maximum Gasteiger partial charge on any atom is 0.408 e. The maximum atomic E-state index is 14.2. The molecule has 0 amide bonds. The summed E-state index contributed by atoms with van der Waals surface area (Å²) in [6, 6.07) is 6.95. The Morgan fingerprint density at radius 1 is 1.18 bits per heavy atom. The van der Waals surface area contributed by atoms with Crippen molar-refractivity contribution < 1.29 is 21.8 Å². The number of aromatic amines is 1. The van der Waals surface area contributed by atoms with Crippen molar-refractivity contribution in [3.63, 3.8) is 0 Å². The Balaban J connectivity index is 0.000000497. The first-order valence-electron chi connectivity index (χ1n) is 10.2. The molecular weight excluding hydrogens is 476 g/mol. The van der Waals surface area contributed by atoms with E-state index < -0.39 is 34.9 Å². The summed E-state index contributed by atoms with van der Waals surface area (Å²) in [5, 5.41) is 9.29. The lowest BCUT2D eigenvalue weighted by Gasteiger charge is -2.15. The fourth-order valence-electron chi connectivity index (χ4n) is 2.95. The fraction of sp³-hybridized carbons (Fsp3) is 0.364. The van der Waals surface area contributed by atoms with E-state index in [0.29, 0.717) is 16.7 Å². The molecule has 0 aliphatic rings. The molecule has 1 aromatic carbocycles.